The first-order valence-electron chi connectivity index (χ1n) is 11.3. The lowest BCUT2D eigenvalue weighted by atomic mass is 9.96. The number of aromatic nitrogens is 2. The summed E-state index contributed by atoms with van der Waals surface area (Å²) in [5.41, 5.74) is 6.68. The third-order valence-electron chi connectivity index (χ3n) is 7.72. The molecule has 4 heterocycles. The van der Waals surface area contributed by atoms with Crippen molar-refractivity contribution in [2.75, 3.05) is 13.1 Å². The van der Waals surface area contributed by atoms with Gasteiger partial charge in [-0.25, -0.2) is 4.98 Å². The predicted molar refractivity (Wildman–Crippen MR) is 118 cm³/mol. The van der Waals surface area contributed by atoms with E-state index in [0.717, 1.165) is 5.65 Å². The molecule has 4 N–H and O–H groups in total. The van der Waals surface area contributed by atoms with Gasteiger partial charge in [0.05, 0.1) is 5.56 Å². The topological polar surface area (TPSA) is 139 Å². The molecule has 10 nitrogen and oxygen atoms in total. The number of carbonyl (C=O) groups is 4. The summed E-state index contributed by atoms with van der Waals surface area (Å²) in [4.78, 5) is 56.7. The Morgan fingerprint density at radius 2 is 2.12 bits per heavy atom. The summed E-state index contributed by atoms with van der Waals surface area (Å²) in [7, 11) is 0. The predicted octanol–water partition coefficient (Wildman–Crippen LogP) is -0.0728. The highest BCUT2D eigenvalue weighted by Gasteiger charge is 2.69. The molecule has 2 aliphatic heterocycles. The number of fused-ring (bicyclic) bond motifs is 2. The Hall–Kier alpha value is -3.43. The Morgan fingerprint density at radius 1 is 1.33 bits per heavy atom. The zero-order valence-corrected chi connectivity index (χ0v) is 18.7. The van der Waals surface area contributed by atoms with Crippen LogP contribution < -0.4 is 16.4 Å². The van der Waals surface area contributed by atoms with Crippen molar-refractivity contribution in [1.82, 2.24) is 24.9 Å². The molecule has 0 spiro atoms. The molecule has 33 heavy (non-hydrogen) atoms. The summed E-state index contributed by atoms with van der Waals surface area (Å²) in [6, 6.07) is 1.81. The fourth-order valence-corrected chi connectivity index (χ4v) is 5.67. The Balaban J connectivity index is 1.37. The number of carbonyl (C=O) groups excluding carboxylic acids is 4. The molecule has 4 amide bonds. The summed E-state index contributed by atoms with van der Waals surface area (Å²) in [6.07, 6.45) is 5.88. The third-order valence-corrected chi connectivity index (χ3v) is 7.72. The molecule has 2 aromatic heterocycles. The summed E-state index contributed by atoms with van der Waals surface area (Å²) in [5.74, 6) is -1.60. The van der Waals surface area contributed by atoms with Crippen LogP contribution in [0.4, 0.5) is 0 Å². The Morgan fingerprint density at radius 3 is 2.82 bits per heavy atom. The number of rotatable bonds is 6. The number of nitrogens with two attached hydrogens (primary N) is 1. The van der Waals surface area contributed by atoms with Crippen LogP contribution in [0.5, 0.6) is 0 Å². The van der Waals surface area contributed by atoms with Crippen molar-refractivity contribution in [1.29, 1.82) is 0 Å². The summed E-state index contributed by atoms with van der Waals surface area (Å²) >= 11 is 0. The molecule has 1 aliphatic carbocycles. The number of pyridine rings is 1. The molecule has 0 radical (unpaired) electrons. The molecule has 2 saturated heterocycles. The van der Waals surface area contributed by atoms with Crippen LogP contribution in [0.15, 0.2) is 30.7 Å². The van der Waals surface area contributed by atoms with E-state index in [9.17, 15) is 19.2 Å². The first-order valence-corrected chi connectivity index (χ1v) is 11.3. The van der Waals surface area contributed by atoms with Gasteiger partial charge in [0.1, 0.15) is 17.7 Å². The van der Waals surface area contributed by atoms with Crippen LogP contribution in [0.1, 0.15) is 37.0 Å². The summed E-state index contributed by atoms with van der Waals surface area (Å²) in [5, 5.41) is 5.49. The van der Waals surface area contributed by atoms with Crippen molar-refractivity contribution in [3.05, 3.63) is 36.3 Å². The van der Waals surface area contributed by atoms with Gasteiger partial charge < -0.3 is 25.7 Å². The van der Waals surface area contributed by atoms with E-state index in [2.05, 4.69) is 29.5 Å². The average molecular weight is 453 g/mol. The molecule has 3 aliphatic rings. The molecule has 0 aromatic carbocycles. The maximum Gasteiger partial charge on any atom is 0.256 e. The van der Waals surface area contributed by atoms with E-state index in [1.807, 2.05) is 0 Å². The van der Waals surface area contributed by atoms with Gasteiger partial charge in [-0.1, -0.05) is 13.8 Å². The SMILES string of the molecule is CC1(C)[C@@H]2[C@@H](C(=O)NC(C[C@@H]3CCNC3=O)C(N)=O)N(C(=O)c3ccc4nccn4c3)C[C@@H]21. The fourth-order valence-electron chi connectivity index (χ4n) is 5.67. The van der Waals surface area contributed by atoms with Crippen LogP contribution in [0.2, 0.25) is 0 Å². The number of hydrogen-bond donors (Lipinski definition) is 3. The van der Waals surface area contributed by atoms with Gasteiger partial charge in [-0.3, -0.25) is 19.2 Å². The molecule has 1 unspecified atom stereocenters. The van der Waals surface area contributed by atoms with Crippen molar-refractivity contribution in [3.63, 3.8) is 0 Å². The summed E-state index contributed by atoms with van der Waals surface area (Å²) < 4.78 is 1.76. The zero-order valence-electron chi connectivity index (χ0n) is 18.7. The number of amides is 4. The van der Waals surface area contributed by atoms with E-state index >= 15 is 0 Å². The molecule has 2 aromatic rings. The minimum atomic E-state index is -0.966. The van der Waals surface area contributed by atoms with E-state index in [4.69, 9.17) is 5.73 Å². The number of imidazole rings is 1. The van der Waals surface area contributed by atoms with Crippen molar-refractivity contribution >= 4 is 29.3 Å². The molecule has 3 fully saturated rings. The largest absolute Gasteiger partial charge is 0.368 e. The van der Waals surface area contributed by atoms with Gasteiger partial charge in [-0.15, -0.1) is 0 Å². The van der Waals surface area contributed by atoms with Gasteiger partial charge >= 0.3 is 0 Å². The third kappa shape index (κ3) is 3.53. The van der Waals surface area contributed by atoms with Gasteiger partial charge in [0, 0.05) is 37.6 Å². The van der Waals surface area contributed by atoms with Gasteiger partial charge in [0.15, 0.2) is 0 Å². The number of hydrogen-bond acceptors (Lipinski definition) is 5. The molecule has 5 rings (SSSR count). The lowest BCUT2D eigenvalue weighted by Crippen LogP contribution is -2.55. The fraction of sp³-hybridized carbons (Fsp3) is 0.522. The number of piperidine rings is 1. The summed E-state index contributed by atoms with van der Waals surface area (Å²) in [6.45, 7) is 5.21. The number of likely N-dealkylation sites (tertiary alicyclic amines) is 1. The molecule has 10 heteroatoms. The lowest BCUT2D eigenvalue weighted by molar-refractivity contribution is -0.131. The van der Waals surface area contributed by atoms with Crippen molar-refractivity contribution < 1.29 is 19.2 Å². The van der Waals surface area contributed by atoms with Crippen LogP contribution in [0.25, 0.3) is 5.65 Å². The minimum absolute atomic E-state index is 0.00160. The molecule has 5 atom stereocenters. The second-order valence-electron chi connectivity index (χ2n) is 9.94. The molecular weight excluding hydrogens is 424 g/mol. The highest BCUT2D eigenvalue weighted by atomic mass is 16.2. The number of nitrogens with one attached hydrogen (secondary N) is 2. The lowest BCUT2D eigenvalue weighted by Gasteiger charge is -2.31. The van der Waals surface area contributed by atoms with Crippen molar-refractivity contribution in [2.24, 2.45) is 28.9 Å². The first-order chi connectivity index (χ1) is 15.7. The van der Waals surface area contributed by atoms with Gasteiger partial charge in [0.2, 0.25) is 17.7 Å². The molecule has 0 bridgehead atoms. The second kappa shape index (κ2) is 7.57. The quantitative estimate of drug-likeness (QED) is 0.563. The monoisotopic (exact) mass is 452 g/mol. The van der Waals surface area contributed by atoms with Gasteiger partial charge in [-0.05, 0) is 42.2 Å². The standard InChI is InChI=1S/C23H28N6O4/c1-23(2)14-11-29(22(33)13-3-4-16-25-7-8-28(16)10-13)18(17(14)23)21(32)27-15(19(24)30)9-12-5-6-26-20(12)31/h3-4,7-8,10,12,14-15,17-18H,5-6,9,11H2,1-2H3,(H2,24,30)(H,26,31)(H,27,32)/t12-,14-,15?,17-,18-/m0/s1. The van der Waals surface area contributed by atoms with Crippen LogP contribution >= 0.6 is 0 Å². The smallest absolute Gasteiger partial charge is 0.256 e. The van der Waals surface area contributed by atoms with Gasteiger partial charge in [0.25, 0.3) is 5.91 Å². The van der Waals surface area contributed by atoms with Crippen LogP contribution in [-0.4, -0.2) is 63.1 Å². The highest BCUT2D eigenvalue weighted by Crippen LogP contribution is 2.65. The highest BCUT2D eigenvalue weighted by molar-refractivity contribution is 5.99. The van der Waals surface area contributed by atoms with E-state index in [0.29, 0.717) is 25.1 Å². The van der Waals surface area contributed by atoms with E-state index in [-0.39, 0.29) is 41.4 Å². The minimum Gasteiger partial charge on any atom is -0.368 e. The molecule has 1 saturated carbocycles. The maximum atomic E-state index is 13.4. The van der Waals surface area contributed by atoms with Crippen molar-refractivity contribution in [2.45, 2.75) is 38.8 Å². The van der Waals surface area contributed by atoms with Crippen molar-refractivity contribution in [3.8, 4) is 0 Å². The molecular formula is C23H28N6O4. The Labute approximate surface area is 190 Å². The van der Waals surface area contributed by atoms with Gasteiger partial charge in [-0.2, -0.15) is 0 Å². The first kappa shape index (κ1) is 21.4. The van der Waals surface area contributed by atoms with Crippen LogP contribution in [0, 0.1) is 23.2 Å². The molecule has 174 valence electrons. The number of primary amides is 1. The Bertz CT molecular complexity index is 1160. The van der Waals surface area contributed by atoms with E-state index < -0.39 is 23.9 Å². The van der Waals surface area contributed by atoms with E-state index in [1.54, 1.807) is 40.0 Å². The normalized spacial score (nSPS) is 28.3. The van der Waals surface area contributed by atoms with Crippen LogP contribution in [0.3, 0.4) is 0 Å². The zero-order chi connectivity index (χ0) is 23.5. The number of nitrogens with zero attached hydrogens (tertiary/aromatic N) is 3. The Kier molecular flexibility index (Phi) is 4.91. The maximum absolute atomic E-state index is 13.4. The average Bonchev–Trinajstić information content (AvgIpc) is 3.30. The van der Waals surface area contributed by atoms with E-state index in [1.165, 1.54) is 0 Å². The van der Waals surface area contributed by atoms with Crippen LogP contribution in [-0.2, 0) is 14.4 Å². The second-order valence-corrected chi connectivity index (χ2v) is 9.94.